The molecule has 1 rings (SSSR count). The number of carboxylic acid groups (broad SMARTS) is 1. The van der Waals surface area contributed by atoms with Crippen molar-refractivity contribution in [3.05, 3.63) is 24.3 Å². The van der Waals surface area contributed by atoms with Crippen LogP contribution in [0, 0.1) is 0 Å². The summed E-state index contributed by atoms with van der Waals surface area (Å²) in [5, 5.41) is 11.4. The van der Waals surface area contributed by atoms with Crippen molar-refractivity contribution < 1.29 is 19.4 Å². The van der Waals surface area contributed by atoms with Crippen LogP contribution in [0.3, 0.4) is 0 Å². The van der Waals surface area contributed by atoms with Gasteiger partial charge in [-0.2, -0.15) is 0 Å². The Morgan fingerprint density at radius 3 is 2.53 bits per heavy atom. The van der Waals surface area contributed by atoms with Gasteiger partial charge in [0.15, 0.2) is 5.54 Å². The number of methoxy groups -OCH3 is 1. The van der Waals surface area contributed by atoms with E-state index >= 15 is 0 Å². The van der Waals surface area contributed by atoms with Gasteiger partial charge in [0, 0.05) is 19.5 Å². The van der Waals surface area contributed by atoms with E-state index in [1.165, 1.54) is 32.8 Å². The third-order valence-electron chi connectivity index (χ3n) is 2.12. The first-order valence-corrected chi connectivity index (χ1v) is 4.79. The molecule has 1 atom stereocenters. The lowest BCUT2D eigenvalue weighted by molar-refractivity contribution is -0.145. The number of aromatic nitrogens is 2. The lowest BCUT2D eigenvalue weighted by atomic mass is 10.0. The van der Waals surface area contributed by atoms with Gasteiger partial charge in [-0.05, 0) is 6.92 Å². The number of ether oxygens (including phenoxy) is 1. The fourth-order valence-corrected chi connectivity index (χ4v) is 1.18. The molecule has 1 heterocycles. The molecule has 7 heteroatoms. The molecule has 1 aromatic rings. The van der Waals surface area contributed by atoms with Gasteiger partial charge in [0.05, 0.1) is 12.2 Å². The van der Waals surface area contributed by atoms with Crippen molar-refractivity contribution in [2.75, 3.05) is 13.7 Å². The molecule has 0 aliphatic carbocycles. The number of carboxylic acids is 1. The average molecular weight is 239 g/mol. The van der Waals surface area contributed by atoms with Gasteiger partial charge >= 0.3 is 5.97 Å². The molecule has 0 aliphatic heterocycles. The highest BCUT2D eigenvalue weighted by atomic mass is 16.5. The minimum Gasteiger partial charge on any atom is -0.479 e. The molecule has 0 unspecified atom stereocenters. The lowest BCUT2D eigenvalue weighted by Crippen LogP contribution is -2.55. The third kappa shape index (κ3) is 3.22. The van der Waals surface area contributed by atoms with E-state index in [0.717, 1.165) is 0 Å². The number of amides is 1. The first-order valence-electron chi connectivity index (χ1n) is 4.79. The molecule has 0 aromatic carbocycles. The Morgan fingerprint density at radius 1 is 1.47 bits per heavy atom. The molecule has 0 aliphatic rings. The molecule has 0 radical (unpaired) electrons. The minimum atomic E-state index is -1.48. The molecular formula is C10H13N3O4. The second-order valence-electron chi connectivity index (χ2n) is 3.65. The quantitative estimate of drug-likeness (QED) is 0.731. The number of nitrogens with zero attached hydrogens (tertiary/aromatic N) is 2. The first-order chi connectivity index (χ1) is 7.99. The maximum absolute atomic E-state index is 11.7. The molecule has 0 spiro atoms. The molecular weight excluding hydrogens is 226 g/mol. The Bertz CT molecular complexity index is 409. The summed E-state index contributed by atoms with van der Waals surface area (Å²) in [6.07, 6.45) is 3.89. The van der Waals surface area contributed by atoms with E-state index in [4.69, 9.17) is 9.84 Å². The van der Waals surface area contributed by atoms with E-state index in [1.54, 1.807) is 0 Å². The Kier molecular flexibility index (Phi) is 4.11. The van der Waals surface area contributed by atoms with E-state index in [-0.39, 0.29) is 12.2 Å². The maximum atomic E-state index is 11.7. The third-order valence-corrected chi connectivity index (χ3v) is 2.12. The summed E-state index contributed by atoms with van der Waals surface area (Å²) in [4.78, 5) is 30.1. The molecule has 0 fully saturated rings. The van der Waals surface area contributed by atoms with Crippen LogP contribution in [0.25, 0.3) is 0 Å². The summed E-state index contributed by atoms with van der Waals surface area (Å²) in [6, 6.07) is 0. The maximum Gasteiger partial charge on any atom is 0.331 e. The highest BCUT2D eigenvalue weighted by Crippen LogP contribution is 2.06. The topological polar surface area (TPSA) is 101 Å². The monoisotopic (exact) mass is 239 g/mol. The summed E-state index contributed by atoms with van der Waals surface area (Å²) in [5.41, 5.74) is -1.29. The molecule has 17 heavy (non-hydrogen) atoms. The van der Waals surface area contributed by atoms with Gasteiger partial charge in [0.1, 0.15) is 6.33 Å². The SMILES string of the molecule is COC[C@@](C)(NC(=O)c1cncnc1)C(=O)O. The average Bonchev–Trinajstić information content (AvgIpc) is 2.30. The lowest BCUT2D eigenvalue weighted by Gasteiger charge is -2.25. The minimum absolute atomic E-state index is 0.137. The van der Waals surface area contributed by atoms with Crippen molar-refractivity contribution in [1.29, 1.82) is 0 Å². The largest absolute Gasteiger partial charge is 0.479 e. The number of nitrogens with one attached hydrogen (secondary N) is 1. The van der Waals surface area contributed by atoms with E-state index in [2.05, 4.69) is 15.3 Å². The second kappa shape index (κ2) is 5.35. The number of carbonyl (C=O) groups is 2. The highest BCUT2D eigenvalue weighted by Gasteiger charge is 2.35. The van der Waals surface area contributed by atoms with E-state index < -0.39 is 17.4 Å². The van der Waals surface area contributed by atoms with Crippen LogP contribution in [0.2, 0.25) is 0 Å². The van der Waals surface area contributed by atoms with Crippen molar-refractivity contribution in [2.24, 2.45) is 0 Å². The summed E-state index contributed by atoms with van der Waals surface area (Å²) in [5.74, 6) is -1.74. The predicted octanol–water partition coefficient (Wildman–Crippen LogP) is -0.304. The summed E-state index contributed by atoms with van der Waals surface area (Å²) in [6.45, 7) is 1.22. The van der Waals surface area contributed by atoms with Crippen molar-refractivity contribution in [2.45, 2.75) is 12.5 Å². The van der Waals surface area contributed by atoms with Crippen LogP contribution in [0.15, 0.2) is 18.7 Å². The fraction of sp³-hybridized carbons (Fsp3) is 0.400. The molecule has 1 amide bonds. The van der Waals surface area contributed by atoms with E-state index in [1.807, 2.05) is 0 Å². The van der Waals surface area contributed by atoms with Crippen LogP contribution in [-0.4, -0.2) is 46.2 Å². The Balaban J connectivity index is 2.82. The van der Waals surface area contributed by atoms with Gasteiger partial charge in [0.25, 0.3) is 5.91 Å². The number of hydrogen-bond donors (Lipinski definition) is 2. The van der Waals surface area contributed by atoms with Gasteiger partial charge in [-0.15, -0.1) is 0 Å². The van der Waals surface area contributed by atoms with Crippen molar-refractivity contribution >= 4 is 11.9 Å². The van der Waals surface area contributed by atoms with Gasteiger partial charge in [-0.3, -0.25) is 4.79 Å². The number of rotatable bonds is 5. The molecule has 1 aromatic heterocycles. The number of aliphatic carboxylic acids is 1. The molecule has 7 nitrogen and oxygen atoms in total. The first kappa shape index (κ1) is 13.0. The summed E-state index contributed by atoms with van der Waals surface area (Å²) < 4.78 is 4.78. The van der Waals surface area contributed by atoms with Crippen LogP contribution >= 0.6 is 0 Å². The van der Waals surface area contributed by atoms with Crippen molar-refractivity contribution in [3.8, 4) is 0 Å². The van der Waals surface area contributed by atoms with Crippen LogP contribution < -0.4 is 5.32 Å². The molecule has 2 N–H and O–H groups in total. The van der Waals surface area contributed by atoms with Crippen molar-refractivity contribution in [1.82, 2.24) is 15.3 Å². The van der Waals surface area contributed by atoms with Crippen LogP contribution in [0.1, 0.15) is 17.3 Å². The second-order valence-corrected chi connectivity index (χ2v) is 3.65. The standard InChI is InChI=1S/C10H13N3O4/c1-10(5-17-2,9(15)16)13-8(14)7-3-11-6-12-4-7/h3-4,6H,5H2,1-2H3,(H,13,14)(H,15,16)/t10-/m1/s1. The summed E-state index contributed by atoms with van der Waals surface area (Å²) >= 11 is 0. The van der Waals surface area contributed by atoms with E-state index in [0.29, 0.717) is 0 Å². The zero-order chi connectivity index (χ0) is 12.9. The Hall–Kier alpha value is -2.02. The Labute approximate surface area is 97.8 Å². The molecule has 0 saturated heterocycles. The summed E-state index contributed by atoms with van der Waals surface area (Å²) in [7, 11) is 1.36. The predicted molar refractivity (Wildman–Crippen MR) is 57.4 cm³/mol. The fourth-order valence-electron chi connectivity index (χ4n) is 1.18. The highest BCUT2D eigenvalue weighted by molar-refractivity contribution is 5.97. The molecule has 0 saturated carbocycles. The van der Waals surface area contributed by atoms with Gasteiger partial charge in [-0.1, -0.05) is 0 Å². The van der Waals surface area contributed by atoms with Crippen LogP contribution in [0.4, 0.5) is 0 Å². The van der Waals surface area contributed by atoms with Gasteiger partial charge in [0.2, 0.25) is 0 Å². The molecule has 92 valence electrons. The van der Waals surface area contributed by atoms with Gasteiger partial charge < -0.3 is 15.2 Å². The van der Waals surface area contributed by atoms with Gasteiger partial charge in [-0.25, -0.2) is 14.8 Å². The van der Waals surface area contributed by atoms with Crippen molar-refractivity contribution in [3.63, 3.8) is 0 Å². The Morgan fingerprint density at radius 2 is 2.06 bits per heavy atom. The molecule has 0 bridgehead atoms. The smallest absolute Gasteiger partial charge is 0.331 e. The van der Waals surface area contributed by atoms with Crippen LogP contribution in [-0.2, 0) is 9.53 Å². The normalized spacial score (nSPS) is 13.8. The number of carbonyl (C=O) groups excluding carboxylic acids is 1. The van der Waals surface area contributed by atoms with E-state index in [9.17, 15) is 9.59 Å². The number of hydrogen-bond acceptors (Lipinski definition) is 5. The van der Waals surface area contributed by atoms with Crippen LogP contribution in [0.5, 0.6) is 0 Å². The zero-order valence-corrected chi connectivity index (χ0v) is 9.51. The zero-order valence-electron chi connectivity index (χ0n) is 9.51.